The second-order valence-electron chi connectivity index (χ2n) is 10.2. The number of sulfone groups is 1. The Kier molecular flexibility index (Phi) is 5.76. The molecule has 6 rings (SSSR count). The summed E-state index contributed by atoms with van der Waals surface area (Å²) in [5.41, 5.74) is 0.479. The Labute approximate surface area is 210 Å². The fourth-order valence-electron chi connectivity index (χ4n) is 5.35. The lowest BCUT2D eigenvalue weighted by Crippen LogP contribution is -2.50. The van der Waals surface area contributed by atoms with Crippen molar-refractivity contribution in [3.8, 4) is 17.5 Å². The Morgan fingerprint density at radius 3 is 2.17 bits per heavy atom. The van der Waals surface area contributed by atoms with E-state index in [0.717, 1.165) is 31.7 Å². The predicted octanol–water partition coefficient (Wildman–Crippen LogP) is 3.52. The first-order valence-corrected chi connectivity index (χ1v) is 15.4. The van der Waals surface area contributed by atoms with Gasteiger partial charge >= 0.3 is 0 Å². The minimum absolute atomic E-state index is 0.0528. The maximum absolute atomic E-state index is 14.7. The van der Waals surface area contributed by atoms with E-state index in [0.29, 0.717) is 37.1 Å². The van der Waals surface area contributed by atoms with Crippen LogP contribution in [-0.4, -0.2) is 59.8 Å². The van der Waals surface area contributed by atoms with Gasteiger partial charge in [-0.2, -0.15) is 4.31 Å². The summed E-state index contributed by atoms with van der Waals surface area (Å²) in [5, 5.41) is -0.645. The summed E-state index contributed by atoms with van der Waals surface area (Å²) in [6, 6.07) is 3.50. The molecule has 2 saturated heterocycles. The topological polar surface area (TPSA) is 116 Å². The lowest BCUT2D eigenvalue weighted by molar-refractivity contribution is 0.0906. The molecule has 4 aliphatic rings. The highest BCUT2D eigenvalue weighted by molar-refractivity contribution is 7.92. The van der Waals surface area contributed by atoms with Crippen LogP contribution in [0.1, 0.15) is 56.9 Å². The van der Waals surface area contributed by atoms with E-state index >= 15 is 0 Å². The number of ether oxygens (including phenoxy) is 2. The van der Waals surface area contributed by atoms with Crippen LogP contribution >= 0.6 is 0 Å². The van der Waals surface area contributed by atoms with Crippen molar-refractivity contribution in [3.05, 3.63) is 35.9 Å². The van der Waals surface area contributed by atoms with E-state index in [1.165, 1.54) is 18.5 Å². The first-order valence-electron chi connectivity index (χ1n) is 12.4. The van der Waals surface area contributed by atoms with Gasteiger partial charge in [0.1, 0.15) is 12.4 Å². The van der Waals surface area contributed by atoms with Crippen LogP contribution in [-0.2, 0) is 19.9 Å². The quantitative estimate of drug-likeness (QED) is 0.502. The molecule has 12 heteroatoms. The molecule has 3 atom stereocenters. The summed E-state index contributed by atoms with van der Waals surface area (Å²) in [4.78, 5) is 8.28. The number of nitrogens with zero attached hydrogens (tertiary/aromatic N) is 3. The first-order chi connectivity index (χ1) is 17.1. The van der Waals surface area contributed by atoms with Crippen molar-refractivity contribution in [2.24, 2.45) is 0 Å². The monoisotopic (exact) mass is 537 g/mol. The van der Waals surface area contributed by atoms with E-state index in [4.69, 9.17) is 9.47 Å². The van der Waals surface area contributed by atoms with Gasteiger partial charge < -0.3 is 9.47 Å². The maximum atomic E-state index is 14.7. The second-order valence-corrected chi connectivity index (χ2v) is 14.6. The third kappa shape index (κ3) is 4.26. The molecule has 1 aromatic heterocycles. The van der Waals surface area contributed by atoms with Crippen LogP contribution in [0.5, 0.6) is 17.5 Å². The van der Waals surface area contributed by atoms with Crippen molar-refractivity contribution in [1.82, 2.24) is 14.3 Å². The molecule has 2 unspecified atom stereocenters. The number of aromatic nitrogens is 2. The summed E-state index contributed by atoms with van der Waals surface area (Å²) >= 11 is 0. The van der Waals surface area contributed by atoms with E-state index in [2.05, 4.69) is 9.97 Å². The van der Waals surface area contributed by atoms with E-state index in [1.807, 2.05) is 0 Å². The number of sulfonamides is 1. The minimum atomic E-state index is -3.51. The van der Waals surface area contributed by atoms with Gasteiger partial charge in [0.2, 0.25) is 21.8 Å². The molecule has 0 amide bonds. The number of hydrogen-bond acceptors (Lipinski definition) is 8. The van der Waals surface area contributed by atoms with Gasteiger partial charge in [-0.25, -0.2) is 31.2 Å². The SMILES string of the molecule is Cc1c(Oc2ccc(S(=O)(=O)C3CC3)cc2F)ncnc1OC1CC2CC[C@@H](C1)N2S(=O)(=O)C1CC1. The largest absolute Gasteiger partial charge is 0.474 e. The van der Waals surface area contributed by atoms with Crippen molar-refractivity contribution < 1.29 is 30.7 Å². The van der Waals surface area contributed by atoms with Gasteiger partial charge in [-0.15, -0.1) is 0 Å². The Morgan fingerprint density at radius 1 is 0.917 bits per heavy atom. The van der Waals surface area contributed by atoms with E-state index in [9.17, 15) is 21.2 Å². The van der Waals surface area contributed by atoms with Gasteiger partial charge in [0.15, 0.2) is 21.4 Å². The Hall–Kier alpha value is -2.31. The predicted molar refractivity (Wildman–Crippen MR) is 128 cm³/mol. The number of halogens is 1. The Bertz CT molecular complexity index is 1390. The summed E-state index contributed by atoms with van der Waals surface area (Å²) in [7, 11) is -6.74. The lowest BCUT2D eigenvalue weighted by Gasteiger charge is -2.37. The molecule has 2 aliphatic carbocycles. The molecular weight excluding hydrogens is 509 g/mol. The average Bonchev–Trinajstić information content (AvgIpc) is 3.73. The number of piperidine rings is 1. The van der Waals surface area contributed by atoms with Crippen LogP contribution in [0.3, 0.4) is 0 Å². The minimum Gasteiger partial charge on any atom is -0.474 e. The number of benzene rings is 1. The van der Waals surface area contributed by atoms with Gasteiger partial charge in [-0.3, -0.25) is 0 Å². The smallest absolute Gasteiger partial charge is 0.229 e. The molecule has 0 N–H and O–H groups in total. The highest BCUT2D eigenvalue weighted by Crippen LogP contribution is 2.44. The van der Waals surface area contributed by atoms with Crippen LogP contribution in [0.2, 0.25) is 0 Å². The molecule has 9 nitrogen and oxygen atoms in total. The molecule has 2 aromatic rings. The summed E-state index contributed by atoms with van der Waals surface area (Å²) in [5.74, 6) is -0.531. The first kappa shape index (κ1) is 24.1. The van der Waals surface area contributed by atoms with Crippen molar-refractivity contribution in [1.29, 1.82) is 0 Å². The Morgan fingerprint density at radius 2 is 1.56 bits per heavy atom. The number of rotatable bonds is 8. The van der Waals surface area contributed by atoms with Crippen LogP contribution < -0.4 is 9.47 Å². The van der Waals surface area contributed by atoms with E-state index < -0.39 is 30.9 Å². The molecule has 4 fully saturated rings. The molecular formula is C24H28FN3O6S2. The van der Waals surface area contributed by atoms with Crippen molar-refractivity contribution >= 4 is 19.9 Å². The fourth-order valence-corrected chi connectivity index (χ4v) is 9.31. The number of fused-ring (bicyclic) bond motifs is 2. The molecule has 2 bridgehead atoms. The lowest BCUT2D eigenvalue weighted by atomic mass is 10.0. The van der Waals surface area contributed by atoms with E-state index in [-0.39, 0.29) is 40.0 Å². The zero-order chi connectivity index (χ0) is 25.2. The fraction of sp³-hybridized carbons (Fsp3) is 0.583. The van der Waals surface area contributed by atoms with Gasteiger partial charge in [0.05, 0.1) is 21.0 Å². The standard InChI is InChI=1S/C24H28FN3O6S2/c1-14-23(33-17-10-15-2-3-16(11-17)28(15)36(31,32)19-6-7-19)26-13-27-24(14)34-22-9-8-20(12-21(22)25)35(29,30)18-4-5-18/h8-9,12-13,15-19H,2-7,10-11H2,1H3/t15-,16?,17?/m0/s1. The number of hydrogen-bond donors (Lipinski definition) is 0. The summed E-state index contributed by atoms with van der Waals surface area (Å²) in [6.07, 6.45) is 6.62. The van der Waals surface area contributed by atoms with Crippen LogP contribution in [0, 0.1) is 12.7 Å². The van der Waals surface area contributed by atoms with Gasteiger partial charge in [0, 0.05) is 24.9 Å². The van der Waals surface area contributed by atoms with Crippen LogP contribution in [0.25, 0.3) is 0 Å². The maximum Gasteiger partial charge on any atom is 0.229 e. The summed E-state index contributed by atoms with van der Waals surface area (Å²) in [6.45, 7) is 1.70. The molecule has 194 valence electrons. The van der Waals surface area contributed by atoms with Gasteiger partial charge in [0.25, 0.3) is 0 Å². The Balaban J connectivity index is 1.16. The molecule has 36 heavy (non-hydrogen) atoms. The second kappa shape index (κ2) is 8.63. The molecule has 0 radical (unpaired) electrons. The van der Waals surface area contributed by atoms with E-state index in [1.54, 1.807) is 11.2 Å². The highest BCUT2D eigenvalue weighted by Gasteiger charge is 2.52. The third-order valence-electron chi connectivity index (χ3n) is 7.53. The molecule has 0 spiro atoms. The average molecular weight is 538 g/mol. The van der Waals surface area contributed by atoms with Gasteiger partial charge in [-0.05, 0) is 63.6 Å². The summed E-state index contributed by atoms with van der Waals surface area (Å²) < 4.78 is 78.8. The highest BCUT2D eigenvalue weighted by atomic mass is 32.2. The third-order valence-corrected chi connectivity index (χ3v) is 12.3. The molecule has 2 aliphatic heterocycles. The zero-order valence-corrected chi connectivity index (χ0v) is 21.5. The normalized spacial score (nSPS) is 26.7. The van der Waals surface area contributed by atoms with Crippen molar-refractivity contribution in [3.63, 3.8) is 0 Å². The molecule has 3 heterocycles. The van der Waals surface area contributed by atoms with Gasteiger partial charge in [-0.1, -0.05) is 0 Å². The zero-order valence-electron chi connectivity index (χ0n) is 19.8. The van der Waals surface area contributed by atoms with Crippen molar-refractivity contribution in [2.45, 2.75) is 91.9 Å². The van der Waals surface area contributed by atoms with Crippen LogP contribution in [0.4, 0.5) is 4.39 Å². The molecule has 1 aromatic carbocycles. The van der Waals surface area contributed by atoms with Crippen molar-refractivity contribution in [2.75, 3.05) is 0 Å². The van der Waals surface area contributed by atoms with Crippen LogP contribution in [0.15, 0.2) is 29.4 Å². The molecule has 2 saturated carbocycles.